The van der Waals surface area contributed by atoms with Gasteiger partial charge in [0.2, 0.25) is 0 Å². The predicted octanol–water partition coefficient (Wildman–Crippen LogP) is 2.02. The molecular formula is C14H17N3O3. The molecule has 0 saturated carbocycles. The van der Waals surface area contributed by atoms with E-state index in [0.717, 1.165) is 0 Å². The molecule has 0 aromatic heterocycles. The number of nitrogens with one attached hydrogen (secondary N) is 2. The van der Waals surface area contributed by atoms with Crippen LogP contribution in [0.1, 0.15) is 25.3 Å². The van der Waals surface area contributed by atoms with Crippen molar-refractivity contribution in [1.82, 2.24) is 5.32 Å². The SMILES string of the molecule is CCOC(=O)CCCNC(=O)Nc1ccc(C#N)cc1. The lowest BCUT2D eigenvalue weighted by Gasteiger charge is -2.07. The first kappa shape index (κ1) is 15.5. The number of hydrogen-bond acceptors (Lipinski definition) is 4. The van der Waals surface area contributed by atoms with Crippen molar-refractivity contribution in [3.8, 4) is 6.07 Å². The minimum Gasteiger partial charge on any atom is -0.466 e. The number of esters is 1. The zero-order valence-corrected chi connectivity index (χ0v) is 11.3. The van der Waals surface area contributed by atoms with Crippen LogP contribution in [0, 0.1) is 11.3 Å². The highest BCUT2D eigenvalue weighted by molar-refractivity contribution is 5.89. The number of carbonyl (C=O) groups excluding carboxylic acids is 2. The molecule has 0 bridgehead atoms. The van der Waals surface area contributed by atoms with E-state index in [1.165, 1.54) is 0 Å². The summed E-state index contributed by atoms with van der Waals surface area (Å²) >= 11 is 0. The number of anilines is 1. The highest BCUT2D eigenvalue weighted by atomic mass is 16.5. The third-order valence-corrected chi connectivity index (χ3v) is 2.42. The molecule has 0 spiro atoms. The number of amides is 2. The van der Waals surface area contributed by atoms with Crippen molar-refractivity contribution < 1.29 is 14.3 Å². The van der Waals surface area contributed by atoms with Crippen molar-refractivity contribution in [1.29, 1.82) is 5.26 Å². The highest BCUT2D eigenvalue weighted by Gasteiger charge is 2.03. The Kier molecular flexibility index (Phi) is 6.62. The van der Waals surface area contributed by atoms with Gasteiger partial charge >= 0.3 is 12.0 Å². The number of nitrogens with zero attached hydrogens (tertiary/aromatic N) is 1. The van der Waals surface area contributed by atoms with Gasteiger partial charge in [-0.1, -0.05) is 0 Å². The monoisotopic (exact) mass is 275 g/mol. The van der Waals surface area contributed by atoms with Gasteiger partial charge in [0.15, 0.2) is 0 Å². The molecule has 6 heteroatoms. The average Bonchev–Trinajstić information content (AvgIpc) is 2.45. The van der Waals surface area contributed by atoms with E-state index in [1.54, 1.807) is 31.2 Å². The molecule has 0 unspecified atom stereocenters. The van der Waals surface area contributed by atoms with Crippen molar-refractivity contribution >= 4 is 17.7 Å². The number of nitriles is 1. The summed E-state index contributed by atoms with van der Waals surface area (Å²) in [6.45, 7) is 2.51. The summed E-state index contributed by atoms with van der Waals surface area (Å²) in [5.41, 5.74) is 1.14. The van der Waals surface area contributed by atoms with E-state index in [4.69, 9.17) is 10.00 Å². The fourth-order valence-corrected chi connectivity index (χ4v) is 1.47. The molecular weight excluding hydrogens is 258 g/mol. The van der Waals surface area contributed by atoms with Crippen molar-refractivity contribution in [3.63, 3.8) is 0 Å². The first-order valence-corrected chi connectivity index (χ1v) is 6.36. The number of hydrogen-bond donors (Lipinski definition) is 2. The van der Waals surface area contributed by atoms with Crippen LogP contribution in [-0.2, 0) is 9.53 Å². The highest BCUT2D eigenvalue weighted by Crippen LogP contribution is 2.08. The van der Waals surface area contributed by atoms with Gasteiger partial charge in [-0.25, -0.2) is 4.79 Å². The minimum absolute atomic E-state index is 0.262. The van der Waals surface area contributed by atoms with E-state index in [2.05, 4.69) is 10.6 Å². The Hall–Kier alpha value is -2.55. The molecule has 2 N–H and O–H groups in total. The molecule has 20 heavy (non-hydrogen) atoms. The Balaban J connectivity index is 2.23. The zero-order chi connectivity index (χ0) is 14.8. The molecule has 6 nitrogen and oxygen atoms in total. The Labute approximate surface area is 117 Å². The molecule has 0 saturated heterocycles. The second-order valence-electron chi connectivity index (χ2n) is 3.98. The van der Waals surface area contributed by atoms with Crippen molar-refractivity contribution in [2.45, 2.75) is 19.8 Å². The summed E-state index contributed by atoms with van der Waals surface area (Å²) in [5, 5.41) is 13.9. The molecule has 0 atom stereocenters. The van der Waals surface area contributed by atoms with Crippen LogP contribution in [0.5, 0.6) is 0 Å². The van der Waals surface area contributed by atoms with Crippen molar-refractivity contribution in [2.24, 2.45) is 0 Å². The van der Waals surface area contributed by atoms with E-state index in [1.807, 2.05) is 6.07 Å². The van der Waals surface area contributed by atoms with Gasteiger partial charge in [0, 0.05) is 18.7 Å². The maximum Gasteiger partial charge on any atom is 0.319 e. The predicted molar refractivity (Wildman–Crippen MR) is 74.0 cm³/mol. The normalized spacial score (nSPS) is 9.40. The molecule has 1 aromatic rings. The molecule has 106 valence electrons. The first-order chi connectivity index (χ1) is 9.65. The van der Waals surface area contributed by atoms with Gasteiger partial charge in [-0.15, -0.1) is 0 Å². The van der Waals surface area contributed by atoms with Crippen molar-refractivity contribution in [2.75, 3.05) is 18.5 Å². The summed E-state index contributed by atoms with van der Waals surface area (Å²) in [6.07, 6.45) is 0.810. The summed E-state index contributed by atoms with van der Waals surface area (Å²) in [5.74, 6) is -0.262. The average molecular weight is 275 g/mol. The van der Waals surface area contributed by atoms with Gasteiger partial charge in [0.1, 0.15) is 0 Å². The van der Waals surface area contributed by atoms with Gasteiger partial charge < -0.3 is 15.4 Å². The van der Waals surface area contributed by atoms with E-state index in [9.17, 15) is 9.59 Å². The minimum atomic E-state index is -0.349. The lowest BCUT2D eigenvalue weighted by Crippen LogP contribution is -2.29. The lowest BCUT2D eigenvalue weighted by atomic mass is 10.2. The summed E-state index contributed by atoms with van der Waals surface area (Å²) < 4.78 is 4.77. The van der Waals surface area contributed by atoms with Gasteiger partial charge in [-0.05, 0) is 37.6 Å². The lowest BCUT2D eigenvalue weighted by molar-refractivity contribution is -0.143. The maximum atomic E-state index is 11.5. The van der Waals surface area contributed by atoms with Crippen LogP contribution in [0.2, 0.25) is 0 Å². The van der Waals surface area contributed by atoms with Crippen LogP contribution in [-0.4, -0.2) is 25.2 Å². The van der Waals surface area contributed by atoms with Crippen LogP contribution >= 0.6 is 0 Å². The van der Waals surface area contributed by atoms with Gasteiger partial charge in [-0.2, -0.15) is 5.26 Å². The van der Waals surface area contributed by atoms with Gasteiger partial charge in [0.05, 0.1) is 18.2 Å². The van der Waals surface area contributed by atoms with Crippen LogP contribution < -0.4 is 10.6 Å². The second-order valence-corrected chi connectivity index (χ2v) is 3.98. The molecule has 0 radical (unpaired) electrons. The van der Waals surface area contributed by atoms with E-state index >= 15 is 0 Å². The number of ether oxygens (including phenoxy) is 1. The van der Waals surface area contributed by atoms with E-state index in [0.29, 0.717) is 30.8 Å². The van der Waals surface area contributed by atoms with Crippen LogP contribution in [0.25, 0.3) is 0 Å². The van der Waals surface area contributed by atoms with Crippen LogP contribution in [0.3, 0.4) is 0 Å². The molecule has 0 aliphatic carbocycles. The first-order valence-electron chi connectivity index (χ1n) is 6.36. The Morgan fingerprint density at radius 2 is 2.00 bits per heavy atom. The standard InChI is InChI=1S/C14H17N3O3/c1-2-20-13(18)4-3-9-16-14(19)17-12-7-5-11(10-15)6-8-12/h5-8H,2-4,9H2,1H3,(H2,16,17,19). The number of benzene rings is 1. The second kappa shape index (κ2) is 8.53. The molecule has 0 aliphatic rings. The molecule has 0 aliphatic heterocycles. The van der Waals surface area contributed by atoms with Gasteiger partial charge in [-0.3, -0.25) is 4.79 Å². The Bertz CT molecular complexity index is 491. The van der Waals surface area contributed by atoms with Crippen LogP contribution in [0.4, 0.5) is 10.5 Å². The number of rotatable bonds is 6. The summed E-state index contributed by atoms with van der Waals surface area (Å²) in [7, 11) is 0. The Morgan fingerprint density at radius 3 is 2.60 bits per heavy atom. The molecule has 0 heterocycles. The fraction of sp³-hybridized carbons (Fsp3) is 0.357. The summed E-state index contributed by atoms with van der Waals surface area (Å²) in [4.78, 5) is 22.6. The molecule has 1 aromatic carbocycles. The van der Waals surface area contributed by atoms with E-state index in [-0.39, 0.29) is 18.4 Å². The van der Waals surface area contributed by atoms with E-state index < -0.39 is 0 Å². The maximum absolute atomic E-state index is 11.5. The third kappa shape index (κ3) is 5.87. The Morgan fingerprint density at radius 1 is 1.30 bits per heavy atom. The topological polar surface area (TPSA) is 91.2 Å². The number of urea groups is 1. The smallest absolute Gasteiger partial charge is 0.319 e. The molecule has 2 amide bonds. The molecule has 0 fully saturated rings. The largest absolute Gasteiger partial charge is 0.466 e. The quantitative estimate of drug-likeness (QED) is 0.613. The zero-order valence-electron chi connectivity index (χ0n) is 11.3. The summed E-state index contributed by atoms with van der Waals surface area (Å²) in [6, 6.07) is 8.19. The third-order valence-electron chi connectivity index (χ3n) is 2.42. The molecule has 1 rings (SSSR count). The van der Waals surface area contributed by atoms with Gasteiger partial charge in [0.25, 0.3) is 0 Å². The van der Waals surface area contributed by atoms with Crippen molar-refractivity contribution in [3.05, 3.63) is 29.8 Å². The number of carbonyl (C=O) groups is 2. The fourth-order valence-electron chi connectivity index (χ4n) is 1.47. The van der Waals surface area contributed by atoms with Crippen LogP contribution in [0.15, 0.2) is 24.3 Å².